The summed E-state index contributed by atoms with van der Waals surface area (Å²) in [6, 6.07) is 10.2. The largest absolute Gasteiger partial charge is 0.459 e. The van der Waals surface area contributed by atoms with Gasteiger partial charge in [-0.2, -0.15) is 0 Å². The van der Waals surface area contributed by atoms with Crippen molar-refractivity contribution >= 4 is 11.9 Å². The molecule has 5 nitrogen and oxygen atoms in total. The van der Waals surface area contributed by atoms with Crippen molar-refractivity contribution in [1.82, 2.24) is 4.90 Å². The lowest BCUT2D eigenvalue weighted by molar-refractivity contribution is -0.176. The molecule has 0 aliphatic carbocycles. The summed E-state index contributed by atoms with van der Waals surface area (Å²) in [7, 11) is 2.16. The van der Waals surface area contributed by atoms with E-state index in [1.54, 1.807) is 0 Å². The number of rotatable bonds is 9. The first-order chi connectivity index (χ1) is 14.0. The fourth-order valence-electron chi connectivity index (χ4n) is 4.85. The van der Waals surface area contributed by atoms with Crippen LogP contribution in [0.2, 0.25) is 0 Å². The summed E-state index contributed by atoms with van der Waals surface area (Å²) in [6.07, 6.45) is 6.37. The highest BCUT2D eigenvalue weighted by Crippen LogP contribution is 2.36. The van der Waals surface area contributed by atoms with Crippen molar-refractivity contribution in [2.24, 2.45) is 5.92 Å². The topological polar surface area (TPSA) is 55.8 Å². The first kappa shape index (κ1) is 21.8. The van der Waals surface area contributed by atoms with Crippen LogP contribution in [0.25, 0.3) is 0 Å². The van der Waals surface area contributed by atoms with Gasteiger partial charge in [0, 0.05) is 17.6 Å². The molecule has 0 radical (unpaired) electrons. The fraction of sp³-hybridized carbons (Fsp3) is 0.667. The van der Waals surface area contributed by atoms with E-state index >= 15 is 0 Å². The second-order valence-electron chi connectivity index (χ2n) is 8.58. The highest BCUT2D eigenvalue weighted by molar-refractivity contribution is 5.81. The molecule has 29 heavy (non-hydrogen) atoms. The fourth-order valence-corrected chi connectivity index (χ4v) is 4.85. The number of carbonyl (C=O) groups is 2. The Labute approximate surface area is 174 Å². The van der Waals surface area contributed by atoms with Crippen LogP contribution in [0, 0.1) is 5.92 Å². The Morgan fingerprint density at radius 1 is 1.00 bits per heavy atom. The maximum absolute atomic E-state index is 13.1. The number of esters is 2. The maximum Gasteiger partial charge on any atom is 0.352 e. The Hall–Kier alpha value is -1.88. The van der Waals surface area contributed by atoms with Crippen molar-refractivity contribution in [3.8, 4) is 0 Å². The standard InChI is InChI=1S/C24H35NO4/c1-4-9-18(10-5-2)23(26)29-22(17-11-7-6-8-12-17)24(27)28-21-15-19-13-14-20(16-21)25(19)3/h6-8,11-12,18-22H,4-5,9-10,13-16H2,1-3H3. The van der Waals surface area contributed by atoms with Crippen molar-refractivity contribution in [1.29, 1.82) is 0 Å². The Morgan fingerprint density at radius 2 is 1.59 bits per heavy atom. The van der Waals surface area contributed by atoms with Gasteiger partial charge in [0.2, 0.25) is 6.10 Å². The van der Waals surface area contributed by atoms with Gasteiger partial charge in [0.15, 0.2) is 0 Å². The van der Waals surface area contributed by atoms with Gasteiger partial charge in [0.1, 0.15) is 6.10 Å². The second-order valence-corrected chi connectivity index (χ2v) is 8.58. The number of nitrogens with zero attached hydrogens (tertiary/aromatic N) is 1. The molecule has 3 atom stereocenters. The van der Waals surface area contributed by atoms with Crippen molar-refractivity contribution in [3.05, 3.63) is 35.9 Å². The quantitative estimate of drug-likeness (QED) is 0.564. The van der Waals surface area contributed by atoms with Crippen molar-refractivity contribution in [2.45, 2.75) is 89.5 Å². The summed E-state index contributed by atoms with van der Waals surface area (Å²) in [4.78, 5) is 28.3. The van der Waals surface area contributed by atoms with Crippen LogP contribution >= 0.6 is 0 Å². The van der Waals surface area contributed by atoms with Gasteiger partial charge in [0.25, 0.3) is 0 Å². The van der Waals surface area contributed by atoms with Crippen LogP contribution in [0.1, 0.15) is 76.9 Å². The summed E-state index contributed by atoms with van der Waals surface area (Å²) in [6.45, 7) is 4.13. The zero-order chi connectivity index (χ0) is 20.8. The third-order valence-corrected chi connectivity index (χ3v) is 6.50. The van der Waals surface area contributed by atoms with E-state index in [2.05, 4.69) is 25.8 Å². The molecule has 1 aromatic rings. The minimum absolute atomic E-state index is 0.0943. The Kier molecular flexibility index (Phi) is 7.70. The number of piperidine rings is 1. The number of carbonyl (C=O) groups excluding carboxylic acids is 2. The number of fused-ring (bicyclic) bond motifs is 2. The Bertz CT molecular complexity index is 657. The third kappa shape index (κ3) is 5.39. The number of hydrogen-bond donors (Lipinski definition) is 0. The molecule has 3 unspecified atom stereocenters. The lowest BCUT2D eigenvalue weighted by atomic mass is 9.98. The molecule has 160 valence electrons. The molecule has 1 aromatic carbocycles. The van der Waals surface area contributed by atoms with Gasteiger partial charge in [0.05, 0.1) is 5.92 Å². The summed E-state index contributed by atoms with van der Waals surface area (Å²) in [5.74, 6) is -0.892. The molecule has 0 amide bonds. The summed E-state index contributed by atoms with van der Waals surface area (Å²) >= 11 is 0. The molecule has 0 saturated carbocycles. The average molecular weight is 402 g/mol. The number of benzene rings is 1. The van der Waals surface area contributed by atoms with E-state index in [9.17, 15) is 9.59 Å². The highest BCUT2D eigenvalue weighted by Gasteiger charge is 2.41. The van der Waals surface area contributed by atoms with Gasteiger partial charge in [-0.3, -0.25) is 4.79 Å². The van der Waals surface area contributed by atoms with Gasteiger partial charge in [-0.1, -0.05) is 57.0 Å². The SMILES string of the molecule is CCCC(CCC)C(=O)OC(C(=O)OC1CC2CCC(C1)N2C)c1ccccc1. The lowest BCUT2D eigenvalue weighted by Gasteiger charge is -2.36. The molecule has 0 aromatic heterocycles. The molecule has 2 bridgehead atoms. The van der Waals surface area contributed by atoms with Gasteiger partial charge in [-0.05, 0) is 45.6 Å². The van der Waals surface area contributed by atoms with Crippen molar-refractivity contribution in [2.75, 3.05) is 7.05 Å². The van der Waals surface area contributed by atoms with Crippen LogP contribution in [-0.2, 0) is 19.1 Å². The predicted octanol–water partition coefficient (Wildman–Crippen LogP) is 4.66. The van der Waals surface area contributed by atoms with Crippen LogP contribution in [-0.4, -0.2) is 42.1 Å². The summed E-state index contributed by atoms with van der Waals surface area (Å²) in [5, 5.41) is 0. The van der Waals surface area contributed by atoms with Gasteiger partial charge < -0.3 is 14.4 Å². The van der Waals surface area contributed by atoms with Crippen LogP contribution in [0.5, 0.6) is 0 Å². The van der Waals surface area contributed by atoms with Crippen LogP contribution in [0.3, 0.4) is 0 Å². The van der Waals surface area contributed by atoms with Crippen molar-refractivity contribution in [3.63, 3.8) is 0 Å². The van der Waals surface area contributed by atoms with E-state index in [0.717, 1.165) is 38.5 Å². The maximum atomic E-state index is 13.1. The van der Waals surface area contributed by atoms with Crippen molar-refractivity contribution < 1.29 is 19.1 Å². The van der Waals surface area contributed by atoms with Crippen LogP contribution in [0.4, 0.5) is 0 Å². The van der Waals surface area contributed by atoms with E-state index in [1.807, 2.05) is 30.3 Å². The zero-order valence-electron chi connectivity index (χ0n) is 18.0. The number of hydrogen-bond acceptors (Lipinski definition) is 5. The van der Waals surface area contributed by atoms with E-state index in [1.165, 1.54) is 12.8 Å². The summed E-state index contributed by atoms with van der Waals surface area (Å²) < 4.78 is 11.7. The van der Waals surface area contributed by atoms with E-state index in [4.69, 9.17) is 9.47 Å². The highest BCUT2D eigenvalue weighted by atomic mass is 16.6. The first-order valence-corrected chi connectivity index (χ1v) is 11.2. The van der Waals surface area contributed by atoms with Gasteiger partial charge >= 0.3 is 11.9 Å². The predicted molar refractivity (Wildman–Crippen MR) is 112 cm³/mol. The minimum atomic E-state index is -0.989. The minimum Gasteiger partial charge on any atom is -0.459 e. The molecule has 2 aliphatic rings. The van der Waals surface area contributed by atoms with Gasteiger partial charge in [-0.15, -0.1) is 0 Å². The lowest BCUT2D eigenvalue weighted by Crippen LogP contribution is -2.44. The molecule has 2 saturated heterocycles. The average Bonchev–Trinajstić information content (AvgIpc) is 2.92. The monoisotopic (exact) mass is 401 g/mol. The number of ether oxygens (including phenoxy) is 2. The Morgan fingerprint density at radius 3 is 2.14 bits per heavy atom. The van der Waals surface area contributed by atoms with E-state index < -0.39 is 12.1 Å². The smallest absolute Gasteiger partial charge is 0.352 e. The molecule has 3 rings (SSSR count). The molecular weight excluding hydrogens is 366 g/mol. The molecule has 2 heterocycles. The van der Waals surface area contributed by atoms with E-state index in [0.29, 0.717) is 17.6 Å². The van der Waals surface area contributed by atoms with Gasteiger partial charge in [-0.25, -0.2) is 4.79 Å². The molecule has 5 heteroatoms. The normalized spacial score (nSPS) is 25.0. The second kappa shape index (κ2) is 10.2. The molecule has 2 aliphatic heterocycles. The zero-order valence-corrected chi connectivity index (χ0v) is 18.0. The molecule has 2 fully saturated rings. The summed E-state index contributed by atoms with van der Waals surface area (Å²) in [5.41, 5.74) is 0.675. The van der Waals surface area contributed by atoms with Crippen LogP contribution in [0.15, 0.2) is 30.3 Å². The third-order valence-electron chi connectivity index (χ3n) is 6.50. The molecule has 0 N–H and O–H groups in total. The first-order valence-electron chi connectivity index (χ1n) is 11.2. The van der Waals surface area contributed by atoms with Crippen LogP contribution < -0.4 is 0 Å². The molecular formula is C24H35NO4. The molecule has 0 spiro atoms. The Balaban J connectivity index is 1.70. The van der Waals surface area contributed by atoms with E-state index in [-0.39, 0.29) is 18.0 Å².